The maximum atomic E-state index is 13.1. The molecule has 0 amide bonds. The lowest BCUT2D eigenvalue weighted by atomic mass is 10.1. The summed E-state index contributed by atoms with van der Waals surface area (Å²) < 4.78 is 14.4. The molecule has 0 N–H and O–H groups in total. The van der Waals surface area contributed by atoms with Gasteiger partial charge >= 0.3 is 0 Å². The van der Waals surface area contributed by atoms with Crippen LogP contribution in [0, 0.1) is 5.82 Å². The number of nitrogens with zero attached hydrogens (tertiary/aromatic N) is 1. The number of halogens is 2. The molecule has 25 heavy (non-hydrogen) atoms. The topological polar surface area (TPSA) is 39.1 Å². The SMILES string of the molecule is O=C(/C(=C/c1ccc(F)cc1)n1ccccc1=O)c1ccc(Cl)cc1. The van der Waals surface area contributed by atoms with E-state index in [-0.39, 0.29) is 22.9 Å². The van der Waals surface area contributed by atoms with E-state index in [2.05, 4.69) is 0 Å². The lowest BCUT2D eigenvalue weighted by Crippen LogP contribution is -2.21. The number of rotatable bonds is 4. The first-order valence-electron chi connectivity index (χ1n) is 7.50. The molecule has 3 aromatic rings. The van der Waals surface area contributed by atoms with E-state index < -0.39 is 0 Å². The minimum atomic E-state index is -0.375. The van der Waals surface area contributed by atoms with Crippen LogP contribution in [-0.2, 0) is 0 Å². The fraction of sp³-hybridized carbons (Fsp3) is 0. The highest BCUT2D eigenvalue weighted by molar-refractivity contribution is 6.31. The number of benzene rings is 2. The Labute approximate surface area is 148 Å². The predicted octanol–water partition coefficient (Wildman–Crippen LogP) is 4.52. The van der Waals surface area contributed by atoms with Crippen LogP contribution in [0.1, 0.15) is 15.9 Å². The maximum Gasteiger partial charge on any atom is 0.255 e. The van der Waals surface area contributed by atoms with Gasteiger partial charge in [0.1, 0.15) is 5.82 Å². The van der Waals surface area contributed by atoms with Crippen molar-refractivity contribution in [3.8, 4) is 0 Å². The molecule has 0 saturated heterocycles. The lowest BCUT2D eigenvalue weighted by Gasteiger charge is -2.10. The second-order valence-electron chi connectivity index (χ2n) is 5.33. The molecular formula is C20H13ClFNO2. The van der Waals surface area contributed by atoms with E-state index in [1.807, 2.05) is 0 Å². The molecule has 0 aliphatic heterocycles. The zero-order chi connectivity index (χ0) is 17.8. The Bertz CT molecular complexity index is 989. The van der Waals surface area contributed by atoms with Crippen molar-refractivity contribution >= 4 is 29.2 Å². The van der Waals surface area contributed by atoms with Crippen LogP contribution in [0.4, 0.5) is 4.39 Å². The summed E-state index contributed by atoms with van der Waals surface area (Å²) in [5.74, 6) is -0.714. The van der Waals surface area contributed by atoms with Crippen LogP contribution in [0.15, 0.2) is 77.7 Å². The van der Waals surface area contributed by atoms with Gasteiger partial charge in [0.15, 0.2) is 0 Å². The molecule has 1 heterocycles. The molecule has 0 aliphatic rings. The van der Waals surface area contributed by atoms with Gasteiger partial charge in [-0.1, -0.05) is 29.8 Å². The number of allylic oxidation sites excluding steroid dienone is 1. The Morgan fingerprint density at radius 2 is 1.64 bits per heavy atom. The van der Waals surface area contributed by atoms with Gasteiger partial charge in [-0.2, -0.15) is 0 Å². The summed E-state index contributed by atoms with van der Waals surface area (Å²) in [4.78, 5) is 25.1. The minimum Gasteiger partial charge on any atom is -0.287 e. The standard InChI is InChI=1S/C20H13ClFNO2/c21-16-8-6-15(7-9-16)20(25)18(23-12-2-1-3-19(23)24)13-14-4-10-17(22)11-5-14/h1-13H/b18-13-. The number of ketones is 1. The average Bonchev–Trinajstić information content (AvgIpc) is 2.62. The third-order valence-electron chi connectivity index (χ3n) is 3.59. The number of pyridine rings is 1. The van der Waals surface area contributed by atoms with Gasteiger partial charge in [0.25, 0.3) is 5.56 Å². The Morgan fingerprint density at radius 3 is 2.28 bits per heavy atom. The molecule has 0 radical (unpaired) electrons. The molecule has 0 bridgehead atoms. The molecule has 5 heteroatoms. The highest BCUT2D eigenvalue weighted by atomic mass is 35.5. The van der Waals surface area contributed by atoms with Crippen molar-refractivity contribution in [1.82, 2.24) is 4.57 Å². The van der Waals surface area contributed by atoms with Crippen molar-refractivity contribution in [3.05, 3.63) is 105 Å². The van der Waals surface area contributed by atoms with Gasteiger partial charge in [0.05, 0.1) is 5.70 Å². The van der Waals surface area contributed by atoms with Crippen LogP contribution in [0.5, 0.6) is 0 Å². The summed E-state index contributed by atoms with van der Waals surface area (Å²) in [6, 6.07) is 16.7. The first kappa shape index (κ1) is 16.9. The monoisotopic (exact) mass is 353 g/mol. The molecule has 0 unspecified atom stereocenters. The van der Waals surface area contributed by atoms with Crippen LogP contribution >= 0.6 is 11.6 Å². The molecule has 0 atom stereocenters. The second kappa shape index (κ2) is 7.28. The van der Waals surface area contributed by atoms with E-state index in [1.54, 1.807) is 54.6 Å². The van der Waals surface area contributed by atoms with Crippen molar-refractivity contribution in [3.63, 3.8) is 0 Å². The second-order valence-corrected chi connectivity index (χ2v) is 5.76. The molecule has 2 aromatic carbocycles. The summed E-state index contributed by atoms with van der Waals surface area (Å²) >= 11 is 5.87. The maximum absolute atomic E-state index is 13.1. The predicted molar refractivity (Wildman–Crippen MR) is 97.1 cm³/mol. The Kier molecular flexibility index (Phi) is 4.91. The number of hydrogen-bond donors (Lipinski definition) is 0. The number of hydrogen-bond acceptors (Lipinski definition) is 2. The average molecular weight is 354 g/mol. The number of Topliss-reactive ketones (excluding diaryl/α,β-unsaturated/α-hetero) is 1. The minimum absolute atomic E-state index is 0.166. The van der Waals surface area contributed by atoms with Crippen LogP contribution in [0.25, 0.3) is 11.8 Å². The summed E-state index contributed by atoms with van der Waals surface area (Å²) in [6.07, 6.45) is 3.07. The van der Waals surface area contributed by atoms with Crippen molar-refractivity contribution in [2.75, 3.05) is 0 Å². The van der Waals surface area contributed by atoms with E-state index in [9.17, 15) is 14.0 Å². The largest absolute Gasteiger partial charge is 0.287 e. The molecule has 0 fully saturated rings. The quantitative estimate of drug-likeness (QED) is 0.511. The van der Waals surface area contributed by atoms with Crippen LogP contribution in [0.3, 0.4) is 0 Å². The fourth-order valence-electron chi connectivity index (χ4n) is 2.34. The van der Waals surface area contributed by atoms with Crippen molar-refractivity contribution in [2.24, 2.45) is 0 Å². The fourth-order valence-corrected chi connectivity index (χ4v) is 2.46. The van der Waals surface area contributed by atoms with Crippen molar-refractivity contribution in [2.45, 2.75) is 0 Å². The Hall–Kier alpha value is -2.98. The molecule has 3 rings (SSSR count). The van der Waals surface area contributed by atoms with Crippen molar-refractivity contribution in [1.29, 1.82) is 0 Å². The van der Waals surface area contributed by atoms with E-state index in [0.29, 0.717) is 16.1 Å². The summed E-state index contributed by atoms with van der Waals surface area (Å²) in [5.41, 5.74) is 0.834. The van der Waals surface area contributed by atoms with Crippen molar-refractivity contribution < 1.29 is 9.18 Å². The van der Waals surface area contributed by atoms with E-state index in [1.165, 1.54) is 29.0 Å². The van der Waals surface area contributed by atoms with Gasteiger partial charge < -0.3 is 0 Å². The lowest BCUT2D eigenvalue weighted by molar-refractivity contribution is 0.105. The number of aromatic nitrogens is 1. The van der Waals surface area contributed by atoms with Crippen LogP contribution in [0.2, 0.25) is 5.02 Å². The first-order valence-corrected chi connectivity index (χ1v) is 7.88. The zero-order valence-corrected chi connectivity index (χ0v) is 13.8. The van der Waals surface area contributed by atoms with Gasteiger partial charge in [0.2, 0.25) is 5.78 Å². The van der Waals surface area contributed by atoms with E-state index in [0.717, 1.165) is 0 Å². The molecular weight excluding hydrogens is 341 g/mol. The Morgan fingerprint density at radius 1 is 0.960 bits per heavy atom. The molecule has 124 valence electrons. The zero-order valence-electron chi connectivity index (χ0n) is 13.0. The molecule has 0 spiro atoms. The van der Waals surface area contributed by atoms with Crippen LogP contribution in [-0.4, -0.2) is 10.4 Å². The number of carbonyl (C=O) groups excluding carboxylic acids is 1. The van der Waals surface area contributed by atoms with Gasteiger partial charge in [0, 0.05) is 22.8 Å². The molecule has 0 saturated carbocycles. The first-order chi connectivity index (χ1) is 12.0. The number of carbonyl (C=O) groups is 1. The summed E-state index contributed by atoms with van der Waals surface area (Å²) in [5, 5.41) is 0.512. The van der Waals surface area contributed by atoms with E-state index in [4.69, 9.17) is 11.6 Å². The van der Waals surface area contributed by atoms with Gasteiger partial charge in [-0.3, -0.25) is 14.2 Å². The Balaban J connectivity index is 2.13. The van der Waals surface area contributed by atoms with Crippen LogP contribution < -0.4 is 5.56 Å². The third-order valence-corrected chi connectivity index (χ3v) is 3.85. The molecule has 1 aromatic heterocycles. The third kappa shape index (κ3) is 3.92. The normalized spacial score (nSPS) is 11.4. The van der Waals surface area contributed by atoms with Gasteiger partial charge in [-0.15, -0.1) is 0 Å². The van der Waals surface area contributed by atoms with E-state index >= 15 is 0 Å². The van der Waals surface area contributed by atoms with Gasteiger partial charge in [-0.25, -0.2) is 4.39 Å². The summed E-state index contributed by atoms with van der Waals surface area (Å²) in [7, 11) is 0. The highest BCUT2D eigenvalue weighted by Gasteiger charge is 2.15. The highest BCUT2D eigenvalue weighted by Crippen LogP contribution is 2.18. The summed E-state index contributed by atoms with van der Waals surface area (Å²) in [6.45, 7) is 0. The van der Waals surface area contributed by atoms with Gasteiger partial charge in [-0.05, 0) is 54.1 Å². The molecule has 0 aliphatic carbocycles. The smallest absolute Gasteiger partial charge is 0.255 e. The molecule has 3 nitrogen and oxygen atoms in total.